The van der Waals surface area contributed by atoms with E-state index < -0.39 is 0 Å². The molecule has 11 rings (SSSR count). The molecule has 1 heteroatoms. The zero-order valence-electron chi connectivity index (χ0n) is 32.5. The number of aromatic nitrogens is 1. The first-order chi connectivity index (χ1) is 29.2. The fraction of sp³-hybridized carbons (Fsp3) is 0. The van der Waals surface area contributed by atoms with Gasteiger partial charge in [0.2, 0.25) is 0 Å². The van der Waals surface area contributed by atoms with Crippen molar-refractivity contribution in [2.75, 3.05) is 0 Å². The van der Waals surface area contributed by atoms with Crippen molar-refractivity contribution < 1.29 is 0 Å². The van der Waals surface area contributed by atoms with Crippen molar-refractivity contribution in [3.05, 3.63) is 246 Å². The number of rotatable bonds is 7. The summed E-state index contributed by atoms with van der Waals surface area (Å²) in [5.74, 6) is 0. The third-order valence-electron chi connectivity index (χ3n) is 11.7. The van der Waals surface area contributed by atoms with Gasteiger partial charge in [0.15, 0.2) is 0 Å². The van der Waals surface area contributed by atoms with Crippen LogP contribution in [0.4, 0.5) is 0 Å². The lowest BCUT2D eigenvalue weighted by Crippen LogP contribution is -1.93. The Kier molecular flexibility index (Phi) is 8.56. The molecular formula is C58H39N. The van der Waals surface area contributed by atoms with E-state index in [0.29, 0.717) is 0 Å². The maximum Gasteiger partial charge on any atom is 0.0541 e. The van der Waals surface area contributed by atoms with E-state index in [1.54, 1.807) is 0 Å². The van der Waals surface area contributed by atoms with Gasteiger partial charge in [-0.1, -0.05) is 182 Å². The highest BCUT2D eigenvalue weighted by atomic mass is 15.0. The Morgan fingerprint density at radius 1 is 0.322 bits per heavy atom. The number of fused-ring (bicyclic) bond motifs is 6. The molecule has 0 aliphatic rings. The summed E-state index contributed by atoms with van der Waals surface area (Å²) in [7, 11) is 0. The molecule has 0 spiro atoms. The van der Waals surface area contributed by atoms with Crippen LogP contribution in [0.5, 0.6) is 0 Å². The molecular weight excluding hydrogens is 711 g/mol. The first-order valence-corrected chi connectivity index (χ1v) is 20.3. The molecule has 59 heavy (non-hydrogen) atoms. The minimum atomic E-state index is 1.17. The average Bonchev–Trinajstić information content (AvgIpc) is 3.64. The van der Waals surface area contributed by atoms with Gasteiger partial charge >= 0.3 is 0 Å². The lowest BCUT2D eigenvalue weighted by Gasteiger charge is -2.11. The monoisotopic (exact) mass is 749 g/mol. The van der Waals surface area contributed by atoms with Crippen molar-refractivity contribution in [1.82, 2.24) is 4.57 Å². The van der Waals surface area contributed by atoms with Crippen molar-refractivity contribution in [1.29, 1.82) is 0 Å². The molecule has 0 fully saturated rings. The van der Waals surface area contributed by atoms with E-state index in [9.17, 15) is 0 Å². The van der Waals surface area contributed by atoms with Crippen LogP contribution in [0.25, 0.3) is 94.7 Å². The molecule has 0 N–H and O–H groups in total. The molecule has 0 aliphatic heterocycles. The molecule has 1 heterocycles. The summed E-state index contributed by atoms with van der Waals surface area (Å²) in [5, 5.41) is 9.98. The third-order valence-corrected chi connectivity index (χ3v) is 11.7. The first kappa shape index (κ1) is 34.5. The lowest BCUT2D eigenvalue weighted by molar-refractivity contribution is 1.19. The number of hydrogen-bond acceptors (Lipinski definition) is 0. The molecule has 1 aromatic heterocycles. The van der Waals surface area contributed by atoms with E-state index >= 15 is 0 Å². The molecule has 0 atom stereocenters. The summed E-state index contributed by atoms with van der Waals surface area (Å²) in [5.41, 5.74) is 13.2. The minimum absolute atomic E-state index is 1.17. The zero-order chi connectivity index (χ0) is 39.1. The summed E-state index contributed by atoms with van der Waals surface area (Å²) in [6.07, 6.45) is 6.74. The topological polar surface area (TPSA) is 4.93 Å². The van der Waals surface area contributed by atoms with Crippen LogP contribution in [0, 0.1) is 0 Å². The van der Waals surface area contributed by atoms with Crippen molar-refractivity contribution >= 4 is 77.9 Å². The Morgan fingerprint density at radius 2 is 0.831 bits per heavy atom. The Hall–Kier alpha value is -7.74. The highest BCUT2D eigenvalue weighted by molar-refractivity contribution is 6.09. The van der Waals surface area contributed by atoms with Crippen LogP contribution < -0.4 is 0 Å². The second-order valence-corrected chi connectivity index (χ2v) is 15.4. The molecule has 0 unspecified atom stereocenters. The summed E-state index contributed by atoms with van der Waals surface area (Å²) in [6, 6.07) is 79.3. The van der Waals surface area contributed by atoms with Crippen LogP contribution in [0.2, 0.25) is 0 Å². The Balaban J connectivity index is 0.830. The van der Waals surface area contributed by atoms with E-state index in [4.69, 9.17) is 0 Å². The maximum atomic E-state index is 2.38. The van der Waals surface area contributed by atoms with E-state index in [1.165, 1.54) is 104 Å². The van der Waals surface area contributed by atoms with Gasteiger partial charge in [-0.15, -0.1) is 0 Å². The molecule has 0 aliphatic carbocycles. The van der Waals surface area contributed by atoms with Gasteiger partial charge in [0, 0.05) is 16.5 Å². The van der Waals surface area contributed by atoms with Gasteiger partial charge in [-0.25, -0.2) is 0 Å². The first-order valence-electron chi connectivity index (χ1n) is 20.3. The van der Waals surface area contributed by atoms with Gasteiger partial charge in [0.1, 0.15) is 0 Å². The van der Waals surface area contributed by atoms with Crippen LogP contribution in [0.3, 0.4) is 0 Å². The predicted molar refractivity (Wildman–Crippen MR) is 254 cm³/mol. The van der Waals surface area contributed by atoms with Crippen LogP contribution in [-0.4, -0.2) is 4.57 Å². The third kappa shape index (κ3) is 6.59. The Labute approximate surface area is 344 Å². The van der Waals surface area contributed by atoms with E-state index in [-0.39, 0.29) is 0 Å². The molecule has 10 aromatic carbocycles. The second kappa shape index (κ2) is 14.6. The number of benzene rings is 10. The van der Waals surface area contributed by atoms with E-state index in [0.717, 1.165) is 0 Å². The molecule has 0 saturated carbocycles. The van der Waals surface area contributed by atoms with Crippen molar-refractivity contribution in [3.63, 3.8) is 0 Å². The van der Waals surface area contributed by atoms with Crippen LogP contribution in [0.15, 0.2) is 218 Å². The smallest absolute Gasteiger partial charge is 0.0541 e. The highest BCUT2D eigenvalue weighted by Crippen LogP contribution is 2.34. The van der Waals surface area contributed by atoms with Gasteiger partial charge in [0.05, 0.1) is 11.0 Å². The average molecular weight is 750 g/mol. The maximum absolute atomic E-state index is 2.38. The van der Waals surface area contributed by atoms with Gasteiger partial charge in [0.25, 0.3) is 0 Å². The van der Waals surface area contributed by atoms with Crippen molar-refractivity contribution in [2.45, 2.75) is 0 Å². The SMILES string of the molecule is C(=Cc1ccc2cc(-n3c4ccccc4c4ccccc43)ccc2c1)c1ccc2cc(-c3ccc(C=C(c4ccccc4)c4ccc5ccccc5c4)cc3)ccc2c1. The molecule has 276 valence electrons. The zero-order valence-corrected chi connectivity index (χ0v) is 32.5. The molecule has 11 aromatic rings. The summed E-state index contributed by atoms with van der Waals surface area (Å²) in [4.78, 5) is 0. The fourth-order valence-electron chi connectivity index (χ4n) is 8.68. The van der Waals surface area contributed by atoms with Crippen LogP contribution in [0.1, 0.15) is 27.8 Å². The molecule has 0 saturated heterocycles. The van der Waals surface area contributed by atoms with Crippen LogP contribution in [-0.2, 0) is 0 Å². The molecule has 1 nitrogen and oxygen atoms in total. The minimum Gasteiger partial charge on any atom is -0.309 e. The lowest BCUT2D eigenvalue weighted by atomic mass is 9.93. The largest absolute Gasteiger partial charge is 0.309 e. The van der Waals surface area contributed by atoms with Crippen LogP contribution >= 0.6 is 0 Å². The second-order valence-electron chi connectivity index (χ2n) is 15.4. The standard InChI is InChI=1S/C58H39N/c1-2-11-45(12-3-1)56(52-31-28-43-10-4-5-13-46(43)38-52)36-42-20-24-44(25-21-42)49-30-29-47-34-40(22-26-50(47)37-49)18-19-41-23-27-51-39-53(33-32-48(51)35-41)59-57-16-8-6-14-54(57)55-15-7-9-17-58(55)59/h1-39H. The highest BCUT2D eigenvalue weighted by Gasteiger charge is 2.12. The fourth-order valence-corrected chi connectivity index (χ4v) is 8.68. The van der Waals surface area contributed by atoms with E-state index in [1.807, 2.05) is 0 Å². The van der Waals surface area contributed by atoms with E-state index in [2.05, 4.69) is 241 Å². The van der Waals surface area contributed by atoms with Gasteiger partial charge in [-0.05, 0) is 131 Å². The Bertz CT molecular complexity index is 3360. The van der Waals surface area contributed by atoms with Gasteiger partial charge < -0.3 is 4.57 Å². The predicted octanol–water partition coefficient (Wildman–Crippen LogP) is 15.7. The quantitative estimate of drug-likeness (QED) is 0.143. The summed E-state index contributed by atoms with van der Waals surface area (Å²) in [6.45, 7) is 0. The molecule has 0 amide bonds. The number of para-hydroxylation sites is 2. The molecule has 0 bridgehead atoms. The Morgan fingerprint density at radius 3 is 1.54 bits per heavy atom. The number of nitrogens with zero attached hydrogens (tertiary/aromatic N) is 1. The van der Waals surface area contributed by atoms with Gasteiger partial charge in [-0.3, -0.25) is 0 Å². The number of hydrogen-bond donors (Lipinski definition) is 0. The van der Waals surface area contributed by atoms with Crippen molar-refractivity contribution in [3.8, 4) is 16.8 Å². The normalized spacial score (nSPS) is 12.1. The molecule has 0 radical (unpaired) electrons. The van der Waals surface area contributed by atoms with Crippen molar-refractivity contribution in [2.24, 2.45) is 0 Å². The summed E-state index contributed by atoms with van der Waals surface area (Å²) >= 11 is 0. The summed E-state index contributed by atoms with van der Waals surface area (Å²) < 4.78 is 2.38. The van der Waals surface area contributed by atoms with Gasteiger partial charge in [-0.2, -0.15) is 0 Å².